The van der Waals surface area contributed by atoms with Gasteiger partial charge in [0.25, 0.3) is 11.8 Å². The van der Waals surface area contributed by atoms with Crippen LogP contribution in [0.15, 0.2) is 96.4 Å². The van der Waals surface area contributed by atoms with Crippen molar-refractivity contribution < 1.29 is 14.4 Å². The SMILES string of the molecule is CN(C(=O)c1cccs1)c1ccccc1C(=O)Nc1cccc(C(=O)c2ccccc2)c1. The number of nitrogens with zero attached hydrogens (tertiary/aromatic N) is 1. The number of anilines is 2. The van der Waals surface area contributed by atoms with Gasteiger partial charge < -0.3 is 10.2 Å². The second-order valence-corrected chi connectivity index (χ2v) is 8.04. The van der Waals surface area contributed by atoms with Gasteiger partial charge in [-0.05, 0) is 35.7 Å². The van der Waals surface area contributed by atoms with Gasteiger partial charge in [-0.15, -0.1) is 11.3 Å². The Kier molecular flexibility index (Phi) is 6.24. The average molecular weight is 441 g/mol. The molecule has 0 aliphatic heterocycles. The van der Waals surface area contributed by atoms with Crippen molar-refractivity contribution in [2.24, 2.45) is 0 Å². The Morgan fingerprint density at radius 3 is 2.25 bits per heavy atom. The smallest absolute Gasteiger partial charge is 0.268 e. The summed E-state index contributed by atoms with van der Waals surface area (Å²) in [5.41, 5.74) is 2.42. The van der Waals surface area contributed by atoms with Crippen molar-refractivity contribution in [2.75, 3.05) is 17.3 Å². The highest BCUT2D eigenvalue weighted by Gasteiger charge is 2.20. The third-order valence-corrected chi connectivity index (χ3v) is 5.82. The molecular weight excluding hydrogens is 420 g/mol. The molecule has 0 aliphatic carbocycles. The number of thiophene rings is 1. The number of carbonyl (C=O) groups excluding carboxylic acids is 3. The number of rotatable bonds is 6. The van der Waals surface area contributed by atoms with Gasteiger partial charge in [0.2, 0.25) is 0 Å². The first-order chi connectivity index (χ1) is 15.5. The van der Waals surface area contributed by atoms with Crippen molar-refractivity contribution >= 4 is 40.3 Å². The predicted octanol–water partition coefficient (Wildman–Crippen LogP) is 5.51. The monoisotopic (exact) mass is 440 g/mol. The summed E-state index contributed by atoms with van der Waals surface area (Å²) >= 11 is 1.35. The minimum atomic E-state index is -0.365. The fourth-order valence-electron chi connectivity index (χ4n) is 3.33. The van der Waals surface area contributed by atoms with Crippen molar-refractivity contribution in [1.29, 1.82) is 0 Å². The summed E-state index contributed by atoms with van der Waals surface area (Å²) in [5.74, 6) is -0.671. The van der Waals surface area contributed by atoms with E-state index in [1.54, 1.807) is 73.8 Å². The minimum absolute atomic E-state index is 0.122. The summed E-state index contributed by atoms with van der Waals surface area (Å²) < 4.78 is 0. The van der Waals surface area contributed by atoms with Crippen molar-refractivity contribution in [1.82, 2.24) is 0 Å². The van der Waals surface area contributed by atoms with E-state index in [-0.39, 0.29) is 17.6 Å². The number of para-hydroxylation sites is 1. The number of nitrogens with one attached hydrogen (secondary N) is 1. The van der Waals surface area contributed by atoms with E-state index >= 15 is 0 Å². The molecule has 4 rings (SSSR count). The van der Waals surface area contributed by atoms with Gasteiger partial charge >= 0.3 is 0 Å². The van der Waals surface area contributed by atoms with Gasteiger partial charge in [-0.2, -0.15) is 0 Å². The van der Waals surface area contributed by atoms with Crippen molar-refractivity contribution in [3.63, 3.8) is 0 Å². The number of carbonyl (C=O) groups is 3. The highest BCUT2D eigenvalue weighted by atomic mass is 32.1. The second kappa shape index (κ2) is 9.41. The average Bonchev–Trinajstić information content (AvgIpc) is 3.38. The van der Waals surface area contributed by atoms with E-state index in [4.69, 9.17) is 0 Å². The van der Waals surface area contributed by atoms with Crippen LogP contribution in [0.2, 0.25) is 0 Å². The van der Waals surface area contributed by atoms with Crippen LogP contribution in [0.4, 0.5) is 11.4 Å². The number of ketones is 1. The van der Waals surface area contributed by atoms with Crippen LogP contribution in [0.3, 0.4) is 0 Å². The molecule has 0 aliphatic rings. The number of hydrogen-bond donors (Lipinski definition) is 1. The molecular formula is C26H20N2O3S. The zero-order chi connectivity index (χ0) is 22.5. The van der Waals surface area contributed by atoms with E-state index in [0.717, 1.165) is 0 Å². The van der Waals surface area contributed by atoms with Gasteiger partial charge in [0, 0.05) is 23.9 Å². The molecule has 0 spiro atoms. The predicted molar refractivity (Wildman–Crippen MR) is 128 cm³/mol. The summed E-state index contributed by atoms with van der Waals surface area (Å²) in [6.07, 6.45) is 0. The van der Waals surface area contributed by atoms with E-state index in [1.807, 2.05) is 29.6 Å². The normalized spacial score (nSPS) is 10.4. The molecule has 6 heteroatoms. The molecule has 5 nitrogen and oxygen atoms in total. The lowest BCUT2D eigenvalue weighted by molar-refractivity contribution is 0.0994. The molecule has 0 fully saturated rings. The largest absolute Gasteiger partial charge is 0.322 e. The standard InChI is InChI=1S/C26H20N2O3S/c1-28(26(31)23-15-8-16-32-23)22-14-6-5-13-21(22)25(30)27-20-12-7-11-19(17-20)24(29)18-9-3-2-4-10-18/h2-17H,1H3,(H,27,30). The second-order valence-electron chi connectivity index (χ2n) is 7.09. The van der Waals surface area contributed by atoms with Crippen molar-refractivity contribution in [3.8, 4) is 0 Å². The molecule has 0 saturated heterocycles. The maximum absolute atomic E-state index is 13.1. The van der Waals surface area contributed by atoms with Crippen LogP contribution in [0.5, 0.6) is 0 Å². The van der Waals surface area contributed by atoms with Crippen LogP contribution < -0.4 is 10.2 Å². The fraction of sp³-hybridized carbons (Fsp3) is 0.0385. The van der Waals surface area contributed by atoms with Crippen LogP contribution in [0.25, 0.3) is 0 Å². The Hall–Kier alpha value is -4.03. The zero-order valence-electron chi connectivity index (χ0n) is 17.3. The first kappa shape index (κ1) is 21.2. The van der Waals surface area contributed by atoms with Gasteiger partial charge in [0.1, 0.15) is 0 Å². The van der Waals surface area contributed by atoms with Crippen LogP contribution in [-0.4, -0.2) is 24.6 Å². The zero-order valence-corrected chi connectivity index (χ0v) is 18.1. The van der Waals surface area contributed by atoms with Crippen molar-refractivity contribution in [3.05, 3.63) is 118 Å². The number of amides is 2. The van der Waals surface area contributed by atoms with E-state index in [2.05, 4.69) is 5.32 Å². The van der Waals surface area contributed by atoms with Crippen LogP contribution in [0, 0.1) is 0 Å². The molecule has 0 bridgehead atoms. The fourth-order valence-corrected chi connectivity index (χ4v) is 4.02. The lowest BCUT2D eigenvalue weighted by Gasteiger charge is -2.20. The summed E-state index contributed by atoms with van der Waals surface area (Å²) in [4.78, 5) is 40.6. The highest BCUT2D eigenvalue weighted by Crippen LogP contribution is 2.24. The van der Waals surface area contributed by atoms with E-state index in [9.17, 15) is 14.4 Å². The first-order valence-corrected chi connectivity index (χ1v) is 10.8. The first-order valence-electron chi connectivity index (χ1n) is 9.96. The Balaban J connectivity index is 1.57. The molecule has 1 aromatic heterocycles. The van der Waals surface area contributed by atoms with Crippen molar-refractivity contribution in [2.45, 2.75) is 0 Å². The van der Waals surface area contributed by atoms with Gasteiger partial charge in [-0.1, -0.05) is 60.7 Å². The maximum Gasteiger partial charge on any atom is 0.268 e. The number of hydrogen-bond acceptors (Lipinski definition) is 4. The van der Waals surface area contributed by atoms with Gasteiger partial charge in [-0.3, -0.25) is 14.4 Å². The molecule has 32 heavy (non-hydrogen) atoms. The molecule has 0 atom stereocenters. The molecule has 2 amide bonds. The Morgan fingerprint density at radius 1 is 0.781 bits per heavy atom. The molecule has 1 N–H and O–H groups in total. The van der Waals surface area contributed by atoms with Gasteiger partial charge in [0.15, 0.2) is 5.78 Å². The van der Waals surface area contributed by atoms with Crippen LogP contribution in [-0.2, 0) is 0 Å². The van der Waals surface area contributed by atoms with Gasteiger partial charge in [0.05, 0.1) is 16.1 Å². The Morgan fingerprint density at radius 2 is 1.50 bits per heavy atom. The van der Waals surface area contributed by atoms with E-state index in [1.165, 1.54) is 16.2 Å². The third-order valence-electron chi connectivity index (χ3n) is 4.97. The molecule has 1 heterocycles. The number of benzene rings is 3. The summed E-state index contributed by atoms with van der Waals surface area (Å²) in [6.45, 7) is 0. The molecule has 0 saturated carbocycles. The summed E-state index contributed by atoms with van der Waals surface area (Å²) in [7, 11) is 1.65. The summed E-state index contributed by atoms with van der Waals surface area (Å²) in [6, 6.07) is 26.3. The minimum Gasteiger partial charge on any atom is -0.322 e. The lowest BCUT2D eigenvalue weighted by Crippen LogP contribution is -2.28. The lowest BCUT2D eigenvalue weighted by atomic mass is 10.0. The molecule has 3 aromatic carbocycles. The van der Waals surface area contributed by atoms with E-state index in [0.29, 0.717) is 32.9 Å². The van der Waals surface area contributed by atoms with E-state index < -0.39 is 0 Å². The summed E-state index contributed by atoms with van der Waals surface area (Å²) in [5, 5.41) is 4.68. The van der Waals surface area contributed by atoms with Crippen LogP contribution in [0.1, 0.15) is 36.0 Å². The topological polar surface area (TPSA) is 66.5 Å². The highest BCUT2D eigenvalue weighted by molar-refractivity contribution is 7.12. The molecule has 0 radical (unpaired) electrons. The Bertz CT molecular complexity index is 1270. The maximum atomic E-state index is 13.1. The quantitative estimate of drug-likeness (QED) is 0.402. The molecule has 158 valence electrons. The van der Waals surface area contributed by atoms with Gasteiger partial charge in [-0.25, -0.2) is 0 Å². The Labute approximate surface area is 189 Å². The van der Waals surface area contributed by atoms with Crippen LogP contribution >= 0.6 is 11.3 Å². The molecule has 4 aromatic rings. The third kappa shape index (κ3) is 4.50. The molecule has 0 unspecified atom stereocenters.